The van der Waals surface area contributed by atoms with Gasteiger partial charge in [-0.25, -0.2) is 0 Å². The van der Waals surface area contributed by atoms with Crippen molar-refractivity contribution in [2.45, 2.75) is 32.8 Å². The molecule has 0 saturated heterocycles. The van der Waals surface area contributed by atoms with Gasteiger partial charge in [0.2, 0.25) is 0 Å². The van der Waals surface area contributed by atoms with Gasteiger partial charge in [0.1, 0.15) is 5.75 Å². The normalized spacial score (nSPS) is 11.4. The lowest BCUT2D eigenvalue weighted by molar-refractivity contribution is -0.153. The molecular weight excluding hydrogens is 346 g/mol. The number of aryl methyl sites for hydroxylation is 1. The van der Waals surface area contributed by atoms with Crippen molar-refractivity contribution in [1.29, 1.82) is 0 Å². The Morgan fingerprint density at radius 2 is 1.70 bits per heavy atom. The van der Waals surface area contributed by atoms with Gasteiger partial charge >= 0.3 is 5.97 Å². The number of Topliss-reactive ketones (excluding diaryl/α,β-unsaturated/α-hetero) is 1. The molecule has 0 fully saturated rings. The van der Waals surface area contributed by atoms with E-state index in [9.17, 15) is 14.4 Å². The van der Waals surface area contributed by atoms with Crippen molar-refractivity contribution < 1.29 is 23.9 Å². The Kier molecular flexibility index (Phi) is 7.11. The van der Waals surface area contributed by atoms with Crippen LogP contribution in [0.15, 0.2) is 48.5 Å². The van der Waals surface area contributed by atoms with E-state index in [1.165, 1.54) is 13.8 Å². The van der Waals surface area contributed by atoms with Gasteiger partial charge in [0.25, 0.3) is 5.91 Å². The molecular formula is C21H23NO5. The summed E-state index contributed by atoms with van der Waals surface area (Å²) < 4.78 is 10.4. The molecule has 0 radical (unpaired) electrons. The van der Waals surface area contributed by atoms with Crippen LogP contribution in [0, 0.1) is 0 Å². The molecule has 0 aliphatic rings. The minimum atomic E-state index is -0.928. The van der Waals surface area contributed by atoms with E-state index in [-0.39, 0.29) is 12.2 Å². The summed E-state index contributed by atoms with van der Waals surface area (Å²) >= 11 is 0. The number of esters is 1. The predicted molar refractivity (Wildman–Crippen MR) is 102 cm³/mol. The van der Waals surface area contributed by atoms with Crippen molar-refractivity contribution in [1.82, 2.24) is 0 Å². The van der Waals surface area contributed by atoms with Crippen LogP contribution in [0.4, 0.5) is 5.69 Å². The minimum Gasteiger partial charge on any atom is -0.496 e. The molecule has 0 aliphatic heterocycles. The van der Waals surface area contributed by atoms with Gasteiger partial charge in [0.05, 0.1) is 7.11 Å². The highest BCUT2D eigenvalue weighted by molar-refractivity contribution is 5.97. The third kappa shape index (κ3) is 5.95. The smallest absolute Gasteiger partial charge is 0.306 e. The highest BCUT2D eigenvalue weighted by Gasteiger charge is 2.18. The Bertz CT molecular complexity index is 814. The molecule has 2 aromatic rings. The highest BCUT2D eigenvalue weighted by Crippen LogP contribution is 2.19. The Hall–Kier alpha value is -3.15. The third-order valence-corrected chi connectivity index (χ3v) is 4.03. The molecule has 1 amide bonds. The van der Waals surface area contributed by atoms with E-state index in [1.54, 1.807) is 31.4 Å². The largest absolute Gasteiger partial charge is 0.496 e. The fraction of sp³-hybridized carbons (Fsp3) is 0.286. The number of amides is 1. The zero-order valence-corrected chi connectivity index (χ0v) is 15.7. The number of rotatable bonds is 8. The second-order valence-electron chi connectivity index (χ2n) is 6.07. The molecule has 2 rings (SSSR count). The first-order valence-corrected chi connectivity index (χ1v) is 8.64. The van der Waals surface area contributed by atoms with E-state index >= 15 is 0 Å². The summed E-state index contributed by atoms with van der Waals surface area (Å²) in [7, 11) is 1.58. The van der Waals surface area contributed by atoms with Gasteiger partial charge in [-0.3, -0.25) is 14.4 Å². The molecule has 0 bridgehead atoms. The first kappa shape index (κ1) is 20.2. The number of ketones is 1. The van der Waals surface area contributed by atoms with Crippen molar-refractivity contribution in [2.75, 3.05) is 12.4 Å². The molecule has 27 heavy (non-hydrogen) atoms. The molecule has 0 spiro atoms. The van der Waals surface area contributed by atoms with Crippen LogP contribution in [-0.4, -0.2) is 30.9 Å². The van der Waals surface area contributed by atoms with E-state index in [4.69, 9.17) is 9.47 Å². The van der Waals surface area contributed by atoms with Gasteiger partial charge in [-0.2, -0.15) is 0 Å². The van der Waals surface area contributed by atoms with Crippen LogP contribution in [0.25, 0.3) is 0 Å². The van der Waals surface area contributed by atoms with Crippen molar-refractivity contribution in [2.24, 2.45) is 0 Å². The molecule has 1 N–H and O–H groups in total. The van der Waals surface area contributed by atoms with Gasteiger partial charge in [-0.1, -0.05) is 18.2 Å². The second-order valence-corrected chi connectivity index (χ2v) is 6.07. The lowest BCUT2D eigenvalue weighted by atomic mass is 10.1. The van der Waals surface area contributed by atoms with Crippen LogP contribution in [0.1, 0.15) is 36.2 Å². The fourth-order valence-electron chi connectivity index (χ4n) is 2.49. The average molecular weight is 369 g/mol. The van der Waals surface area contributed by atoms with E-state index < -0.39 is 18.0 Å². The molecule has 0 heterocycles. The number of nitrogens with one attached hydrogen (secondary N) is 1. The van der Waals surface area contributed by atoms with E-state index in [0.29, 0.717) is 23.4 Å². The fourth-order valence-corrected chi connectivity index (χ4v) is 2.49. The first-order chi connectivity index (χ1) is 12.9. The molecule has 0 saturated carbocycles. The SMILES string of the molecule is COc1ccccc1CCC(=O)OC(C)C(=O)Nc1ccc(C(C)=O)cc1. The van der Waals surface area contributed by atoms with Crippen molar-refractivity contribution in [3.63, 3.8) is 0 Å². The lowest BCUT2D eigenvalue weighted by Gasteiger charge is -2.14. The zero-order valence-electron chi connectivity index (χ0n) is 15.7. The molecule has 1 unspecified atom stereocenters. The van der Waals surface area contributed by atoms with Crippen molar-refractivity contribution >= 4 is 23.3 Å². The molecule has 1 atom stereocenters. The van der Waals surface area contributed by atoms with Crippen LogP contribution in [0.2, 0.25) is 0 Å². The summed E-state index contributed by atoms with van der Waals surface area (Å²) in [6.45, 7) is 2.99. The number of para-hydroxylation sites is 1. The second kappa shape index (κ2) is 9.52. The topological polar surface area (TPSA) is 81.7 Å². The minimum absolute atomic E-state index is 0.0507. The molecule has 6 nitrogen and oxygen atoms in total. The number of carbonyl (C=O) groups excluding carboxylic acids is 3. The lowest BCUT2D eigenvalue weighted by Crippen LogP contribution is -2.30. The number of carbonyl (C=O) groups is 3. The monoisotopic (exact) mass is 369 g/mol. The van der Waals surface area contributed by atoms with Crippen LogP contribution in [0.5, 0.6) is 5.75 Å². The Balaban J connectivity index is 1.84. The third-order valence-electron chi connectivity index (χ3n) is 4.03. The maximum absolute atomic E-state index is 12.2. The summed E-state index contributed by atoms with van der Waals surface area (Å²) in [4.78, 5) is 35.4. The molecule has 0 aliphatic carbocycles. The predicted octanol–water partition coefficient (Wildman–Crippen LogP) is 3.40. The highest BCUT2D eigenvalue weighted by atomic mass is 16.5. The van der Waals surface area contributed by atoms with Crippen molar-refractivity contribution in [3.05, 3.63) is 59.7 Å². The summed E-state index contributed by atoms with van der Waals surface area (Å²) in [5, 5.41) is 2.66. The van der Waals surface area contributed by atoms with Crippen LogP contribution in [-0.2, 0) is 20.7 Å². The summed E-state index contributed by atoms with van der Waals surface area (Å²) in [5.74, 6) is -0.234. The maximum atomic E-state index is 12.2. The van der Waals surface area contributed by atoms with Gasteiger partial charge in [0, 0.05) is 17.7 Å². The average Bonchev–Trinajstić information content (AvgIpc) is 2.66. The van der Waals surface area contributed by atoms with Crippen molar-refractivity contribution in [3.8, 4) is 5.75 Å². The number of anilines is 1. The molecule has 142 valence electrons. The molecule has 6 heteroatoms. The zero-order chi connectivity index (χ0) is 19.8. The number of hydrogen-bond donors (Lipinski definition) is 1. The van der Waals surface area contributed by atoms with Gasteiger partial charge < -0.3 is 14.8 Å². The Labute approximate surface area is 158 Å². The number of ether oxygens (including phenoxy) is 2. The summed E-state index contributed by atoms with van der Waals surface area (Å²) in [5.41, 5.74) is 1.99. The number of methoxy groups -OCH3 is 1. The van der Waals surface area contributed by atoms with Crippen LogP contribution >= 0.6 is 0 Å². The van der Waals surface area contributed by atoms with Gasteiger partial charge in [-0.05, 0) is 56.2 Å². The summed E-state index contributed by atoms with van der Waals surface area (Å²) in [6, 6.07) is 14.0. The number of hydrogen-bond acceptors (Lipinski definition) is 5. The summed E-state index contributed by atoms with van der Waals surface area (Å²) in [6.07, 6.45) is -0.322. The van der Waals surface area contributed by atoms with E-state index in [1.807, 2.05) is 24.3 Å². The molecule has 2 aromatic carbocycles. The first-order valence-electron chi connectivity index (χ1n) is 8.64. The number of benzene rings is 2. The van der Waals surface area contributed by atoms with Crippen LogP contribution in [0.3, 0.4) is 0 Å². The Morgan fingerprint density at radius 3 is 2.33 bits per heavy atom. The quantitative estimate of drug-likeness (QED) is 0.570. The standard InChI is InChI=1S/C21H23NO5/c1-14(23)16-8-11-18(12-9-16)22-21(25)15(2)27-20(24)13-10-17-6-4-5-7-19(17)26-3/h4-9,11-12,15H,10,13H2,1-3H3,(H,22,25). The van der Waals surface area contributed by atoms with E-state index in [0.717, 1.165) is 5.56 Å². The maximum Gasteiger partial charge on any atom is 0.306 e. The van der Waals surface area contributed by atoms with Crippen LogP contribution < -0.4 is 10.1 Å². The Morgan fingerprint density at radius 1 is 1.04 bits per heavy atom. The van der Waals surface area contributed by atoms with Gasteiger partial charge in [-0.15, -0.1) is 0 Å². The van der Waals surface area contributed by atoms with Gasteiger partial charge in [0.15, 0.2) is 11.9 Å². The molecule has 0 aromatic heterocycles. The van der Waals surface area contributed by atoms with E-state index in [2.05, 4.69) is 5.32 Å².